The molecule has 2 fully saturated rings. The van der Waals surface area contributed by atoms with Crippen molar-refractivity contribution in [3.8, 4) is 5.75 Å². The molecule has 0 radical (unpaired) electrons. The number of ether oxygens (including phenoxy) is 1. The number of anilines is 5. The lowest BCUT2D eigenvalue weighted by Crippen LogP contribution is -2.46. The highest BCUT2D eigenvalue weighted by atomic mass is 35.5. The fourth-order valence-corrected chi connectivity index (χ4v) is 7.09. The van der Waals surface area contributed by atoms with Crippen LogP contribution in [0.25, 0.3) is 10.8 Å². The number of rotatable bonds is 7. The summed E-state index contributed by atoms with van der Waals surface area (Å²) in [7, 11) is 3.87. The van der Waals surface area contributed by atoms with Crippen LogP contribution in [0, 0.1) is 5.41 Å². The molecule has 2 saturated heterocycles. The highest BCUT2D eigenvalue weighted by molar-refractivity contribution is 6.34. The molecule has 0 bridgehead atoms. The minimum absolute atomic E-state index is 0.326. The minimum atomic E-state index is -1.11. The fourth-order valence-electron chi connectivity index (χ4n) is 6.66. The molecule has 0 atom stereocenters. The van der Waals surface area contributed by atoms with Gasteiger partial charge in [0.25, 0.3) is 0 Å². The maximum atomic E-state index is 11.1. The third-order valence-corrected chi connectivity index (χ3v) is 9.85. The van der Waals surface area contributed by atoms with Gasteiger partial charge in [-0.15, -0.1) is 0 Å². The van der Waals surface area contributed by atoms with E-state index in [1.54, 1.807) is 27.2 Å². The Bertz CT molecular complexity index is 1660. The lowest BCUT2D eigenvalue weighted by Gasteiger charge is -2.47. The predicted molar refractivity (Wildman–Crippen MR) is 181 cm³/mol. The molecule has 2 aliphatic heterocycles. The summed E-state index contributed by atoms with van der Waals surface area (Å²) < 4.78 is 5.79. The molecule has 3 heterocycles. The second kappa shape index (κ2) is 12.2. The van der Waals surface area contributed by atoms with Gasteiger partial charge in [0, 0.05) is 30.4 Å². The van der Waals surface area contributed by atoms with Gasteiger partial charge in [0.2, 0.25) is 5.95 Å². The number of aliphatic hydroxyl groups is 1. The van der Waals surface area contributed by atoms with E-state index in [1.165, 1.54) is 38.8 Å². The number of fused-ring (bicyclic) bond motifs is 1. The number of hydrogen-bond acceptors (Lipinski definition) is 8. The Morgan fingerprint density at radius 1 is 0.909 bits per heavy atom. The molecule has 0 unspecified atom stereocenters. The smallest absolute Gasteiger partial charge is 0.229 e. The van der Waals surface area contributed by atoms with Crippen molar-refractivity contribution in [1.29, 1.82) is 0 Å². The van der Waals surface area contributed by atoms with Gasteiger partial charge in [0.05, 0.1) is 35.3 Å². The first-order valence-electron chi connectivity index (χ1n) is 15.2. The van der Waals surface area contributed by atoms with Crippen LogP contribution >= 0.6 is 23.2 Å². The first kappa shape index (κ1) is 30.7. The molecule has 8 nitrogen and oxygen atoms in total. The van der Waals surface area contributed by atoms with Gasteiger partial charge in [0.1, 0.15) is 10.8 Å². The van der Waals surface area contributed by atoms with Crippen LogP contribution in [0.15, 0.2) is 54.7 Å². The van der Waals surface area contributed by atoms with Crippen LogP contribution in [-0.2, 0) is 5.60 Å². The Kier molecular flexibility index (Phi) is 8.54. The number of nitrogens with zero attached hydrogens (tertiary/aromatic N) is 4. The van der Waals surface area contributed by atoms with Crippen molar-refractivity contribution in [1.82, 2.24) is 14.9 Å². The summed E-state index contributed by atoms with van der Waals surface area (Å²) in [5, 5.41) is 20.7. The second-order valence-electron chi connectivity index (χ2n) is 12.7. The Morgan fingerprint density at radius 2 is 1.61 bits per heavy atom. The lowest BCUT2D eigenvalue weighted by atomic mass is 9.71. The number of piperidine rings is 2. The van der Waals surface area contributed by atoms with Crippen molar-refractivity contribution in [3.05, 3.63) is 70.3 Å². The summed E-state index contributed by atoms with van der Waals surface area (Å²) in [6.07, 6.45) is 6.45. The zero-order chi connectivity index (χ0) is 31.1. The fraction of sp³-hybridized carbons (Fsp3) is 0.412. The van der Waals surface area contributed by atoms with E-state index >= 15 is 0 Å². The number of nitrogens with one attached hydrogen (secondary N) is 2. The van der Waals surface area contributed by atoms with Crippen LogP contribution in [0.4, 0.5) is 28.8 Å². The van der Waals surface area contributed by atoms with Gasteiger partial charge in [-0.3, -0.25) is 0 Å². The van der Waals surface area contributed by atoms with E-state index in [4.69, 9.17) is 27.9 Å². The lowest BCUT2D eigenvalue weighted by molar-refractivity contribution is 0.0809. The van der Waals surface area contributed by atoms with E-state index in [1.807, 2.05) is 48.5 Å². The Morgan fingerprint density at radius 3 is 2.32 bits per heavy atom. The van der Waals surface area contributed by atoms with Gasteiger partial charge < -0.3 is 30.3 Å². The van der Waals surface area contributed by atoms with E-state index in [2.05, 4.69) is 37.4 Å². The first-order valence-corrected chi connectivity index (χ1v) is 15.9. The largest absolute Gasteiger partial charge is 0.494 e. The average Bonchev–Trinajstić information content (AvgIpc) is 3.00. The van der Waals surface area contributed by atoms with Gasteiger partial charge in [-0.25, -0.2) is 4.98 Å². The molecule has 44 heavy (non-hydrogen) atoms. The molecule has 3 aromatic carbocycles. The van der Waals surface area contributed by atoms with Crippen LogP contribution in [0.2, 0.25) is 10.0 Å². The van der Waals surface area contributed by atoms with Crippen molar-refractivity contribution in [2.75, 3.05) is 55.9 Å². The highest BCUT2D eigenvalue weighted by Gasteiger charge is 2.37. The third-order valence-electron chi connectivity index (χ3n) is 9.27. The normalized spacial score (nSPS) is 17.2. The van der Waals surface area contributed by atoms with Crippen LogP contribution < -0.4 is 20.3 Å². The number of likely N-dealkylation sites (tertiary alicyclic amines) is 1. The molecule has 232 valence electrons. The van der Waals surface area contributed by atoms with Crippen LogP contribution in [0.3, 0.4) is 0 Å². The summed E-state index contributed by atoms with van der Waals surface area (Å²) in [5.74, 6) is 1.38. The number of aromatic nitrogens is 2. The van der Waals surface area contributed by atoms with Gasteiger partial charge in [-0.2, -0.15) is 4.98 Å². The SMILES string of the molecule is COc1cc(N2CCC3(CCN(C)CC3)CC2)c(Cl)cc1Nc1ncc(Cl)c(Nc2ccc3ccccc3c2C(C)(C)O)n1. The molecule has 1 aromatic heterocycles. The Hall–Kier alpha value is -3.30. The molecule has 4 aromatic rings. The maximum absolute atomic E-state index is 11.1. The van der Waals surface area contributed by atoms with Gasteiger partial charge in [-0.1, -0.05) is 53.5 Å². The molecule has 6 rings (SSSR count). The summed E-state index contributed by atoms with van der Waals surface area (Å²) in [6.45, 7) is 7.87. The van der Waals surface area contributed by atoms with Gasteiger partial charge >= 0.3 is 0 Å². The number of methoxy groups -OCH3 is 1. The summed E-state index contributed by atoms with van der Waals surface area (Å²) in [4.78, 5) is 13.9. The van der Waals surface area contributed by atoms with Crippen LogP contribution in [0.5, 0.6) is 5.75 Å². The summed E-state index contributed by atoms with van der Waals surface area (Å²) in [5.41, 5.74) is 2.43. The second-order valence-corrected chi connectivity index (χ2v) is 13.5. The number of hydrogen-bond donors (Lipinski definition) is 3. The van der Waals surface area contributed by atoms with Crippen LogP contribution in [-0.4, -0.2) is 60.3 Å². The van der Waals surface area contributed by atoms with E-state index in [0.717, 1.165) is 35.1 Å². The monoisotopic (exact) mass is 634 g/mol. The van der Waals surface area contributed by atoms with E-state index in [9.17, 15) is 5.11 Å². The quantitative estimate of drug-likeness (QED) is 0.189. The number of halogens is 2. The molecular formula is C34H40Cl2N6O2. The van der Waals surface area contributed by atoms with E-state index in [-0.39, 0.29) is 0 Å². The van der Waals surface area contributed by atoms with Crippen molar-refractivity contribution >= 4 is 62.8 Å². The highest BCUT2D eigenvalue weighted by Crippen LogP contribution is 2.45. The molecule has 0 aliphatic carbocycles. The van der Waals surface area contributed by atoms with E-state index in [0.29, 0.717) is 44.4 Å². The third kappa shape index (κ3) is 6.26. The van der Waals surface area contributed by atoms with Crippen molar-refractivity contribution in [2.45, 2.75) is 45.1 Å². The maximum Gasteiger partial charge on any atom is 0.229 e. The molecule has 10 heteroatoms. The zero-order valence-electron chi connectivity index (χ0n) is 25.8. The predicted octanol–water partition coefficient (Wildman–Crippen LogP) is 7.97. The van der Waals surface area contributed by atoms with Crippen LogP contribution in [0.1, 0.15) is 45.1 Å². The first-order chi connectivity index (χ1) is 21.0. The molecule has 2 aliphatic rings. The Labute approximate surface area is 269 Å². The van der Waals surface area contributed by atoms with Crippen molar-refractivity contribution in [2.24, 2.45) is 5.41 Å². The topological polar surface area (TPSA) is 85.8 Å². The standard InChI is InChI=1S/C34H40Cl2N6O2/c1-33(2,43)30-23-8-6-5-7-22(23)9-10-26(30)38-31-25(36)21-37-32(40-31)39-27-19-24(35)28(20-29(27)44-4)42-17-13-34(14-18-42)11-15-41(3)16-12-34/h5-10,19-21,43H,11-18H2,1-4H3,(H2,37,38,39,40). The molecular weight excluding hydrogens is 595 g/mol. The van der Waals surface area contributed by atoms with E-state index < -0.39 is 5.60 Å². The van der Waals surface area contributed by atoms with Crippen molar-refractivity contribution in [3.63, 3.8) is 0 Å². The van der Waals surface area contributed by atoms with Gasteiger partial charge in [-0.05, 0) is 88.0 Å². The van der Waals surface area contributed by atoms with Crippen molar-refractivity contribution < 1.29 is 9.84 Å². The van der Waals surface area contributed by atoms with Gasteiger partial charge in [0.15, 0.2) is 5.82 Å². The molecule has 3 N–H and O–H groups in total. The zero-order valence-corrected chi connectivity index (χ0v) is 27.3. The molecule has 0 amide bonds. The number of benzene rings is 3. The summed E-state index contributed by atoms with van der Waals surface area (Å²) in [6, 6.07) is 15.8. The molecule has 0 saturated carbocycles. The minimum Gasteiger partial charge on any atom is -0.494 e. The average molecular weight is 636 g/mol. The molecule has 1 spiro atoms. The summed E-state index contributed by atoms with van der Waals surface area (Å²) >= 11 is 13.4. The Balaban J connectivity index is 1.23.